The summed E-state index contributed by atoms with van der Waals surface area (Å²) in [5, 5.41) is 20.0. The largest absolute Gasteiger partial charge is 0.493 e. The molecule has 5 nitrogen and oxygen atoms in total. The summed E-state index contributed by atoms with van der Waals surface area (Å²) in [6, 6.07) is 26.5. The van der Waals surface area contributed by atoms with Gasteiger partial charge in [0.25, 0.3) is 0 Å². The van der Waals surface area contributed by atoms with E-state index in [4.69, 9.17) is 9.47 Å². The van der Waals surface area contributed by atoms with Crippen molar-refractivity contribution in [3.63, 3.8) is 0 Å². The standard InChI is InChI=1S/C50H63FO5/c1-6-9-10-12-36-14-16-38(17-15-36)39-18-20-40(21-19-39)41-22-26-46(47(51)31-41)43-23-25-45(37(7-2)29-43)42-24-27-48(56-34-50(8-3,32-52)33-53)44(30-42)13-11-28-55-49(54)35(4)5/h18-27,29-31,36,38,52-53H,4,6-17,28,32-34H2,1-3,5H3. The molecule has 1 fully saturated rings. The number of hydrogen-bond acceptors (Lipinski definition) is 5. The van der Waals surface area contributed by atoms with E-state index in [1.807, 2.05) is 37.3 Å². The van der Waals surface area contributed by atoms with E-state index >= 15 is 4.39 Å². The van der Waals surface area contributed by atoms with Crippen LogP contribution in [0.3, 0.4) is 0 Å². The second-order valence-corrected chi connectivity index (χ2v) is 16.1. The van der Waals surface area contributed by atoms with E-state index in [2.05, 4.69) is 62.9 Å². The van der Waals surface area contributed by atoms with Crippen molar-refractivity contribution in [2.24, 2.45) is 11.3 Å². The minimum atomic E-state index is -0.747. The van der Waals surface area contributed by atoms with Gasteiger partial charge in [0.1, 0.15) is 11.6 Å². The van der Waals surface area contributed by atoms with Gasteiger partial charge < -0.3 is 19.7 Å². The molecule has 4 aromatic carbocycles. The van der Waals surface area contributed by atoms with E-state index in [0.29, 0.717) is 42.1 Å². The predicted octanol–water partition coefficient (Wildman–Crippen LogP) is 12.1. The van der Waals surface area contributed by atoms with Gasteiger partial charge in [-0.2, -0.15) is 0 Å². The molecule has 0 aliphatic heterocycles. The lowest BCUT2D eigenvalue weighted by atomic mass is 9.77. The second-order valence-electron chi connectivity index (χ2n) is 16.1. The molecule has 2 N–H and O–H groups in total. The lowest BCUT2D eigenvalue weighted by molar-refractivity contribution is -0.139. The van der Waals surface area contributed by atoms with Crippen LogP contribution in [-0.2, 0) is 22.4 Å². The van der Waals surface area contributed by atoms with E-state index in [0.717, 1.165) is 51.3 Å². The maximum atomic E-state index is 15.9. The van der Waals surface area contributed by atoms with Crippen molar-refractivity contribution < 1.29 is 28.9 Å². The van der Waals surface area contributed by atoms with Gasteiger partial charge in [-0.15, -0.1) is 0 Å². The zero-order valence-electron chi connectivity index (χ0n) is 34.2. The van der Waals surface area contributed by atoms with Crippen molar-refractivity contribution in [3.8, 4) is 39.1 Å². The van der Waals surface area contributed by atoms with E-state index in [1.54, 1.807) is 13.0 Å². The molecule has 0 spiro atoms. The number of aryl methyl sites for hydroxylation is 2. The van der Waals surface area contributed by atoms with Crippen molar-refractivity contribution in [3.05, 3.63) is 114 Å². The highest BCUT2D eigenvalue weighted by molar-refractivity contribution is 5.86. The maximum Gasteiger partial charge on any atom is 0.333 e. The van der Waals surface area contributed by atoms with Gasteiger partial charge in [-0.05, 0) is 133 Å². The van der Waals surface area contributed by atoms with E-state index in [9.17, 15) is 15.0 Å². The average molecular weight is 763 g/mol. The van der Waals surface area contributed by atoms with Crippen LogP contribution in [0.5, 0.6) is 5.75 Å². The molecule has 5 rings (SSSR count). The Balaban J connectivity index is 1.31. The van der Waals surface area contributed by atoms with Crippen molar-refractivity contribution in [2.75, 3.05) is 26.4 Å². The van der Waals surface area contributed by atoms with Gasteiger partial charge in [-0.1, -0.05) is 114 Å². The van der Waals surface area contributed by atoms with Crippen LogP contribution in [0.15, 0.2) is 91.0 Å². The summed E-state index contributed by atoms with van der Waals surface area (Å²) in [5.74, 6) is 1.52. The number of esters is 1. The monoisotopic (exact) mass is 762 g/mol. The minimum Gasteiger partial charge on any atom is -0.493 e. The van der Waals surface area contributed by atoms with E-state index in [1.165, 1.54) is 56.9 Å². The van der Waals surface area contributed by atoms with Crippen molar-refractivity contribution in [1.82, 2.24) is 0 Å². The number of benzene rings is 4. The molecule has 0 atom stereocenters. The molecule has 1 saturated carbocycles. The number of aliphatic hydroxyl groups excluding tert-OH is 2. The third kappa shape index (κ3) is 11.0. The normalized spacial score (nSPS) is 15.8. The van der Waals surface area contributed by atoms with Crippen LogP contribution in [0.4, 0.5) is 4.39 Å². The SMILES string of the molecule is C=C(C)C(=O)OCCCc1cc(-c2ccc(-c3ccc(-c4ccc(C5CCC(CCCCC)CC5)cc4)cc3F)cc2CC)ccc1OCC(CC)(CO)CO. The Morgan fingerprint density at radius 2 is 1.43 bits per heavy atom. The Morgan fingerprint density at radius 3 is 2.07 bits per heavy atom. The first kappa shape index (κ1) is 42.9. The zero-order chi connectivity index (χ0) is 40.1. The molecule has 300 valence electrons. The highest BCUT2D eigenvalue weighted by Gasteiger charge is 2.28. The molecule has 0 bridgehead atoms. The fourth-order valence-electron chi connectivity index (χ4n) is 8.01. The van der Waals surface area contributed by atoms with Crippen LogP contribution in [0.2, 0.25) is 0 Å². The number of unbranched alkanes of at least 4 members (excludes halogenated alkanes) is 2. The molecule has 0 unspecified atom stereocenters. The fraction of sp³-hybridized carbons (Fsp3) is 0.460. The molecule has 0 saturated heterocycles. The first-order valence-electron chi connectivity index (χ1n) is 21.0. The topological polar surface area (TPSA) is 76.0 Å². The summed E-state index contributed by atoms with van der Waals surface area (Å²) in [6.45, 7) is 11.6. The van der Waals surface area contributed by atoms with Crippen molar-refractivity contribution >= 4 is 5.97 Å². The summed E-state index contributed by atoms with van der Waals surface area (Å²) < 4.78 is 27.5. The molecule has 0 radical (unpaired) electrons. The van der Waals surface area contributed by atoms with Crippen LogP contribution in [-0.4, -0.2) is 42.6 Å². The molecular weight excluding hydrogens is 700 g/mol. The highest BCUT2D eigenvalue weighted by atomic mass is 19.1. The highest BCUT2D eigenvalue weighted by Crippen LogP contribution is 2.39. The van der Waals surface area contributed by atoms with Gasteiger partial charge in [0, 0.05) is 11.1 Å². The van der Waals surface area contributed by atoms with E-state index in [-0.39, 0.29) is 32.2 Å². The summed E-state index contributed by atoms with van der Waals surface area (Å²) in [5.41, 5.74) is 8.41. The smallest absolute Gasteiger partial charge is 0.333 e. The van der Waals surface area contributed by atoms with Gasteiger partial charge in [-0.25, -0.2) is 9.18 Å². The fourth-order valence-corrected chi connectivity index (χ4v) is 8.01. The van der Waals surface area contributed by atoms with Crippen LogP contribution in [0.25, 0.3) is 33.4 Å². The number of halogens is 1. The third-order valence-corrected chi connectivity index (χ3v) is 12.0. The number of ether oxygens (including phenoxy) is 2. The molecule has 0 aromatic heterocycles. The Kier molecular flexibility index (Phi) is 15.9. The van der Waals surface area contributed by atoms with Gasteiger partial charge in [0.05, 0.1) is 31.8 Å². The van der Waals surface area contributed by atoms with Gasteiger partial charge >= 0.3 is 5.97 Å². The predicted molar refractivity (Wildman–Crippen MR) is 227 cm³/mol. The molecular formula is C50H63FO5. The third-order valence-electron chi connectivity index (χ3n) is 12.0. The van der Waals surface area contributed by atoms with E-state index < -0.39 is 11.4 Å². The minimum absolute atomic E-state index is 0.165. The summed E-state index contributed by atoms with van der Waals surface area (Å²) in [7, 11) is 0. The maximum absolute atomic E-state index is 15.9. The zero-order valence-corrected chi connectivity index (χ0v) is 34.2. The summed E-state index contributed by atoms with van der Waals surface area (Å²) >= 11 is 0. The Hall–Kier alpha value is -4.26. The van der Waals surface area contributed by atoms with Crippen LogP contribution in [0, 0.1) is 17.2 Å². The first-order chi connectivity index (χ1) is 27.1. The van der Waals surface area contributed by atoms with Crippen LogP contribution >= 0.6 is 0 Å². The quantitative estimate of drug-likeness (QED) is 0.0533. The average Bonchev–Trinajstić information content (AvgIpc) is 3.23. The van der Waals surface area contributed by atoms with Crippen molar-refractivity contribution in [2.45, 2.75) is 111 Å². The summed E-state index contributed by atoms with van der Waals surface area (Å²) in [4.78, 5) is 12.0. The Morgan fingerprint density at radius 1 is 0.786 bits per heavy atom. The lowest BCUT2D eigenvalue weighted by Gasteiger charge is -2.29. The molecule has 4 aromatic rings. The molecule has 1 aliphatic rings. The van der Waals surface area contributed by atoms with Gasteiger partial charge in [0.2, 0.25) is 0 Å². The number of rotatable bonds is 20. The number of carbonyl (C=O) groups is 1. The molecule has 0 heterocycles. The molecule has 6 heteroatoms. The van der Waals surface area contributed by atoms with Gasteiger partial charge in [0.15, 0.2) is 0 Å². The van der Waals surface area contributed by atoms with Gasteiger partial charge in [-0.3, -0.25) is 0 Å². The number of aliphatic hydroxyl groups is 2. The molecule has 0 amide bonds. The first-order valence-corrected chi connectivity index (χ1v) is 21.0. The molecule has 56 heavy (non-hydrogen) atoms. The summed E-state index contributed by atoms with van der Waals surface area (Å²) in [6.07, 6.45) is 13.1. The molecule has 1 aliphatic carbocycles. The Labute approximate surface area is 335 Å². The van der Waals surface area contributed by atoms with Crippen LogP contribution in [0.1, 0.15) is 115 Å². The Bertz CT molecular complexity index is 1880. The second kappa shape index (κ2) is 20.8. The number of hydrogen-bond donors (Lipinski definition) is 2. The lowest BCUT2D eigenvalue weighted by Crippen LogP contribution is -2.35. The number of carbonyl (C=O) groups excluding carboxylic acids is 1. The van der Waals surface area contributed by atoms with Crippen molar-refractivity contribution in [1.29, 1.82) is 0 Å². The van der Waals surface area contributed by atoms with Crippen LogP contribution < -0.4 is 4.74 Å².